The first-order valence-electron chi connectivity index (χ1n) is 8.69. The first-order chi connectivity index (χ1) is 13.2. The number of likely N-dealkylation sites (tertiary alicyclic amines) is 1. The van der Waals surface area contributed by atoms with E-state index in [9.17, 15) is 18.0 Å². The molecule has 2 N–H and O–H groups in total. The molecule has 2 aliphatic heterocycles. The van der Waals surface area contributed by atoms with Crippen LogP contribution in [0.3, 0.4) is 0 Å². The number of methoxy groups -OCH3 is 1. The number of halogens is 3. The Labute approximate surface area is 164 Å². The van der Waals surface area contributed by atoms with Crippen molar-refractivity contribution in [2.45, 2.75) is 43.8 Å². The highest BCUT2D eigenvalue weighted by Gasteiger charge is 2.45. The Morgan fingerprint density at radius 1 is 1.46 bits per heavy atom. The number of carboxylic acids is 1. The summed E-state index contributed by atoms with van der Waals surface area (Å²) in [5, 5.41) is 14.3. The second-order valence-electron chi connectivity index (χ2n) is 6.44. The summed E-state index contributed by atoms with van der Waals surface area (Å²) in [5.74, 6) is -2.76. The Bertz CT molecular complexity index is 641. The van der Waals surface area contributed by atoms with Crippen molar-refractivity contribution in [3.8, 4) is 0 Å². The fourth-order valence-corrected chi connectivity index (χ4v) is 3.86. The van der Waals surface area contributed by atoms with Crippen LogP contribution in [0, 0.1) is 0 Å². The van der Waals surface area contributed by atoms with Crippen LogP contribution in [-0.2, 0) is 25.6 Å². The molecular formula is C17H23F3N2O5S. The molecule has 1 aromatic rings. The topological polar surface area (TPSA) is 88.1 Å². The Balaban J connectivity index is 0.000000345. The lowest BCUT2D eigenvalue weighted by molar-refractivity contribution is -0.192. The summed E-state index contributed by atoms with van der Waals surface area (Å²) in [7, 11) is 1.63. The predicted molar refractivity (Wildman–Crippen MR) is 95.0 cm³/mol. The van der Waals surface area contributed by atoms with Gasteiger partial charge in [-0.1, -0.05) is 0 Å². The Kier molecular flexibility index (Phi) is 8.23. The third-order valence-electron chi connectivity index (χ3n) is 4.50. The Morgan fingerprint density at radius 3 is 2.75 bits per heavy atom. The predicted octanol–water partition coefficient (Wildman–Crippen LogP) is 1.88. The van der Waals surface area contributed by atoms with Crippen molar-refractivity contribution in [1.29, 1.82) is 0 Å². The van der Waals surface area contributed by atoms with E-state index >= 15 is 0 Å². The molecule has 0 spiro atoms. The number of ether oxygens (including phenoxy) is 2. The number of rotatable bonds is 6. The van der Waals surface area contributed by atoms with Crippen molar-refractivity contribution in [3.63, 3.8) is 0 Å². The van der Waals surface area contributed by atoms with E-state index in [2.05, 4.69) is 27.0 Å². The molecule has 2 fully saturated rings. The number of hydrogen-bond donors (Lipinski definition) is 2. The van der Waals surface area contributed by atoms with Gasteiger partial charge in [-0.05, 0) is 28.8 Å². The monoisotopic (exact) mass is 424 g/mol. The van der Waals surface area contributed by atoms with Crippen molar-refractivity contribution in [3.05, 3.63) is 22.4 Å². The number of nitrogens with one attached hydrogen (secondary N) is 1. The van der Waals surface area contributed by atoms with Crippen LogP contribution in [0.25, 0.3) is 0 Å². The van der Waals surface area contributed by atoms with Gasteiger partial charge in [0.1, 0.15) is 6.10 Å². The highest BCUT2D eigenvalue weighted by molar-refractivity contribution is 7.07. The maximum atomic E-state index is 12.1. The minimum Gasteiger partial charge on any atom is -0.475 e. The highest BCUT2D eigenvalue weighted by Crippen LogP contribution is 2.34. The minimum absolute atomic E-state index is 0.00284. The number of nitrogens with zero attached hydrogens (tertiary/aromatic N) is 1. The first kappa shape index (κ1) is 22.6. The fourth-order valence-electron chi connectivity index (χ4n) is 3.20. The SMILES string of the molecule is COCCNC(=O)[C@H]1C[C@H]2[C@H](CCN2Cc2ccsc2)O1.O=C(O)C(F)(F)F. The molecule has 0 radical (unpaired) electrons. The smallest absolute Gasteiger partial charge is 0.475 e. The molecule has 11 heteroatoms. The second kappa shape index (κ2) is 10.2. The van der Waals surface area contributed by atoms with E-state index in [1.807, 2.05) is 0 Å². The normalized spacial score (nSPS) is 24.4. The molecule has 0 aliphatic carbocycles. The van der Waals surface area contributed by atoms with Gasteiger partial charge in [-0.25, -0.2) is 4.79 Å². The van der Waals surface area contributed by atoms with Gasteiger partial charge in [-0.2, -0.15) is 24.5 Å². The van der Waals surface area contributed by atoms with Gasteiger partial charge in [0, 0.05) is 39.2 Å². The van der Waals surface area contributed by atoms with Crippen molar-refractivity contribution >= 4 is 23.2 Å². The van der Waals surface area contributed by atoms with Crippen LogP contribution in [0.1, 0.15) is 18.4 Å². The van der Waals surface area contributed by atoms with Gasteiger partial charge < -0.3 is 19.9 Å². The molecule has 28 heavy (non-hydrogen) atoms. The molecular weight excluding hydrogens is 401 g/mol. The minimum atomic E-state index is -5.08. The van der Waals surface area contributed by atoms with Crippen LogP contribution in [0.2, 0.25) is 0 Å². The molecule has 0 aromatic carbocycles. The largest absolute Gasteiger partial charge is 0.490 e. The second-order valence-corrected chi connectivity index (χ2v) is 7.22. The molecule has 3 heterocycles. The maximum Gasteiger partial charge on any atom is 0.490 e. The molecule has 0 bridgehead atoms. The molecule has 3 rings (SSSR count). The molecule has 3 atom stereocenters. The van der Waals surface area contributed by atoms with Gasteiger partial charge in [0.25, 0.3) is 0 Å². The van der Waals surface area contributed by atoms with Crippen LogP contribution < -0.4 is 5.32 Å². The van der Waals surface area contributed by atoms with Crippen LogP contribution in [0.5, 0.6) is 0 Å². The molecule has 0 saturated carbocycles. The summed E-state index contributed by atoms with van der Waals surface area (Å²) in [6, 6.07) is 2.55. The summed E-state index contributed by atoms with van der Waals surface area (Å²) < 4.78 is 42.6. The average Bonchev–Trinajstić information content (AvgIpc) is 3.34. The fraction of sp³-hybridized carbons (Fsp3) is 0.647. The lowest BCUT2D eigenvalue weighted by atomic mass is 10.1. The number of amides is 1. The van der Waals surface area contributed by atoms with E-state index in [4.69, 9.17) is 19.4 Å². The number of thiophene rings is 1. The lowest BCUT2D eigenvalue weighted by Crippen LogP contribution is -2.37. The van der Waals surface area contributed by atoms with Gasteiger partial charge in [-0.15, -0.1) is 0 Å². The summed E-state index contributed by atoms with van der Waals surface area (Å²) in [5.41, 5.74) is 1.36. The van der Waals surface area contributed by atoms with Crippen molar-refractivity contribution in [1.82, 2.24) is 10.2 Å². The summed E-state index contributed by atoms with van der Waals surface area (Å²) in [6.07, 6.45) is -3.35. The average molecular weight is 424 g/mol. The Hall–Kier alpha value is -1.69. The van der Waals surface area contributed by atoms with Crippen molar-refractivity contribution in [2.24, 2.45) is 0 Å². The van der Waals surface area contributed by atoms with Crippen LogP contribution in [-0.4, -0.2) is 73.1 Å². The van der Waals surface area contributed by atoms with Crippen molar-refractivity contribution < 1.29 is 37.3 Å². The quantitative estimate of drug-likeness (QED) is 0.678. The van der Waals surface area contributed by atoms with E-state index in [1.165, 1.54) is 5.56 Å². The van der Waals surface area contributed by atoms with E-state index in [0.717, 1.165) is 25.9 Å². The summed E-state index contributed by atoms with van der Waals surface area (Å²) in [6.45, 7) is 3.11. The molecule has 2 saturated heterocycles. The third-order valence-corrected chi connectivity index (χ3v) is 5.23. The highest BCUT2D eigenvalue weighted by atomic mass is 32.1. The van der Waals surface area contributed by atoms with Gasteiger partial charge in [-0.3, -0.25) is 9.69 Å². The molecule has 158 valence electrons. The molecule has 2 aliphatic rings. The van der Waals surface area contributed by atoms with Crippen LogP contribution >= 0.6 is 11.3 Å². The number of carboxylic acid groups (broad SMARTS) is 1. The van der Waals surface area contributed by atoms with Gasteiger partial charge in [0.05, 0.1) is 12.7 Å². The van der Waals surface area contributed by atoms with Gasteiger partial charge >= 0.3 is 12.1 Å². The molecule has 0 unspecified atom stereocenters. The standard InChI is InChI=1S/C15H22N2O3S.C2HF3O2/c1-19-6-4-16-15(18)14-8-12-13(20-14)2-5-17(12)9-11-3-7-21-10-11;3-2(4,5)1(6)7/h3,7,10,12-14H,2,4-6,8-9H2,1H3,(H,16,18);(H,6,7)/t12-,13-,14+;/m0./s1. The zero-order valence-electron chi connectivity index (χ0n) is 15.3. The number of aliphatic carboxylic acids is 1. The third kappa shape index (κ3) is 6.43. The van der Waals surface area contributed by atoms with Gasteiger partial charge in [0.2, 0.25) is 5.91 Å². The Morgan fingerprint density at radius 2 is 2.18 bits per heavy atom. The zero-order chi connectivity index (χ0) is 20.7. The summed E-state index contributed by atoms with van der Waals surface area (Å²) in [4.78, 5) is 23.4. The lowest BCUT2D eigenvalue weighted by Gasteiger charge is -2.22. The van der Waals surface area contributed by atoms with E-state index in [0.29, 0.717) is 19.2 Å². The molecule has 1 amide bonds. The number of carbonyl (C=O) groups is 2. The number of fused-ring (bicyclic) bond motifs is 1. The first-order valence-corrected chi connectivity index (χ1v) is 9.64. The number of hydrogen-bond acceptors (Lipinski definition) is 6. The van der Waals surface area contributed by atoms with E-state index in [1.54, 1.807) is 18.4 Å². The molecule has 1 aromatic heterocycles. The van der Waals surface area contributed by atoms with Crippen LogP contribution in [0.4, 0.5) is 13.2 Å². The van der Waals surface area contributed by atoms with Gasteiger partial charge in [0.15, 0.2) is 0 Å². The molecule has 7 nitrogen and oxygen atoms in total. The number of carbonyl (C=O) groups excluding carboxylic acids is 1. The van der Waals surface area contributed by atoms with Crippen molar-refractivity contribution in [2.75, 3.05) is 26.8 Å². The summed E-state index contributed by atoms with van der Waals surface area (Å²) >= 11 is 1.73. The van der Waals surface area contributed by atoms with Crippen LogP contribution in [0.15, 0.2) is 16.8 Å². The number of alkyl halides is 3. The van der Waals surface area contributed by atoms with E-state index in [-0.39, 0.29) is 18.1 Å². The zero-order valence-corrected chi connectivity index (χ0v) is 16.1. The van der Waals surface area contributed by atoms with E-state index < -0.39 is 12.1 Å². The maximum absolute atomic E-state index is 12.1.